The fourth-order valence-corrected chi connectivity index (χ4v) is 5.73. The summed E-state index contributed by atoms with van der Waals surface area (Å²) in [6.07, 6.45) is 1.83. The second kappa shape index (κ2) is 9.88. The van der Waals surface area contributed by atoms with Gasteiger partial charge < -0.3 is 9.47 Å². The van der Waals surface area contributed by atoms with E-state index in [1.54, 1.807) is 19.1 Å². The van der Waals surface area contributed by atoms with E-state index in [-0.39, 0.29) is 29.8 Å². The number of sulfone groups is 1. The maximum Gasteiger partial charge on any atom is 0.308 e. The van der Waals surface area contributed by atoms with Gasteiger partial charge in [-0.15, -0.1) is 0 Å². The highest BCUT2D eigenvalue weighted by Crippen LogP contribution is 2.37. The van der Waals surface area contributed by atoms with Crippen molar-refractivity contribution in [1.82, 2.24) is 5.48 Å². The van der Waals surface area contributed by atoms with Crippen LogP contribution in [0.2, 0.25) is 0 Å². The van der Waals surface area contributed by atoms with Crippen molar-refractivity contribution in [2.24, 2.45) is 11.8 Å². The van der Waals surface area contributed by atoms with Crippen LogP contribution in [0.3, 0.4) is 0 Å². The Kier molecular flexibility index (Phi) is 7.82. The van der Waals surface area contributed by atoms with Crippen molar-refractivity contribution >= 4 is 21.7 Å². The summed E-state index contributed by atoms with van der Waals surface area (Å²) >= 11 is 0. The number of hydrogen-bond acceptors (Lipinski definition) is 7. The Balaban J connectivity index is 2.32. The second-order valence-corrected chi connectivity index (χ2v) is 9.04. The molecular weight excluding hydrogens is 386 g/mol. The first-order valence-electron chi connectivity index (χ1n) is 9.31. The molecule has 0 bridgehead atoms. The minimum Gasteiger partial charge on any atom is -0.497 e. The first kappa shape index (κ1) is 22.2. The Morgan fingerprint density at radius 3 is 2.50 bits per heavy atom. The third-order valence-electron chi connectivity index (χ3n) is 5.16. The summed E-state index contributed by atoms with van der Waals surface area (Å²) in [5.41, 5.74) is 1.52. The molecule has 0 heterocycles. The smallest absolute Gasteiger partial charge is 0.308 e. The Hall–Kier alpha value is -2.13. The van der Waals surface area contributed by atoms with Crippen LogP contribution in [0.5, 0.6) is 5.75 Å². The van der Waals surface area contributed by atoms with Crippen LogP contribution in [0.15, 0.2) is 29.2 Å². The van der Waals surface area contributed by atoms with Gasteiger partial charge >= 0.3 is 5.97 Å². The summed E-state index contributed by atoms with van der Waals surface area (Å²) in [7, 11) is -2.39. The largest absolute Gasteiger partial charge is 0.497 e. The molecule has 2 rings (SSSR count). The number of hydroxylamine groups is 1. The highest BCUT2D eigenvalue weighted by molar-refractivity contribution is 7.92. The Morgan fingerprint density at radius 2 is 1.93 bits per heavy atom. The third-order valence-corrected chi connectivity index (χ3v) is 7.44. The second-order valence-electron chi connectivity index (χ2n) is 6.87. The first-order chi connectivity index (χ1) is 13.3. The van der Waals surface area contributed by atoms with E-state index in [1.807, 2.05) is 0 Å². The third kappa shape index (κ3) is 5.23. The lowest BCUT2D eigenvalue weighted by molar-refractivity contribution is -0.149. The number of benzene rings is 1. The van der Waals surface area contributed by atoms with E-state index < -0.39 is 26.9 Å². The van der Waals surface area contributed by atoms with E-state index in [2.05, 4.69) is 0 Å². The average molecular weight is 413 g/mol. The van der Waals surface area contributed by atoms with Gasteiger partial charge in [-0.2, -0.15) is 0 Å². The highest BCUT2D eigenvalue weighted by Gasteiger charge is 2.40. The van der Waals surface area contributed by atoms with Gasteiger partial charge in [-0.05, 0) is 56.4 Å². The van der Waals surface area contributed by atoms with Crippen LogP contribution in [0, 0.1) is 11.8 Å². The predicted molar refractivity (Wildman–Crippen MR) is 101 cm³/mol. The van der Waals surface area contributed by atoms with Crippen LogP contribution in [0.25, 0.3) is 0 Å². The van der Waals surface area contributed by atoms with Crippen molar-refractivity contribution < 1.29 is 32.7 Å². The molecule has 8 nitrogen and oxygen atoms in total. The molecular formula is C19H27NO7S. The molecule has 0 saturated heterocycles. The molecule has 0 spiro atoms. The van der Waals surface area contributed by atoms with Gasteiger partial charge in [0.05, 0.1) is 29.8 Å². The molecule has 0 aromatic heterocycles. The summed E-state index contributed by atoms with van der Waals surface area (Å²) < 4.78 is 36.7. The minimum absolute atomic E-state index is 0.0716. The van der Waals surface area contributed by atoms with Gasteiger partial charge in [0.25, 0.3) is 0 Å². The summed E-state index contributed by atoms with van der Waals surface area (Å²) in [5.74, 6) is -1.37. The molecule has 28 heavy (non-hydrogen) atoms. The lowest BCUT2D eigenvalue weighted by Crippen LogP contribution is -2.39. The van der Waals surface area contributed by atoms with Crippen molar-refractivity contribution in [2.45, 2.75) is 49.2 Å². The SMILES string of the molecule is CCOC(=O)C1CCCC(C(CC(=O)NO)S(=O)(=O)c2ccc(OC)cc2)C1. The van der Waals surface area contributed by atoms with Crippen LogP contribution < -0.4 is 10.2 Å². The number of rotatable bonds is 8. The molecule has 1 aromatic rings. The zero-order valence-corrected chi connectivity index (χ0v) is 16.9. The molecule has 9 heteroatoms. The molecule has 3 atom stereocenters. The van der Waals surface area contributed by atoms with Gasteiger partial charge in [0.2, 0.25) is 5.91 Å². The van der Waals surface area contributed by atoms with E-state index in [0.717, 1.165) is 0 Å². The summed E-state index contributed by atoms with van der Waals surface area (Å²) in [6, 6.07) is 5.95. The van der Waals surface area contributed by atoms with Crippen LogP contribution in [0.1, 0.15) is 39.0 Å². The number of esters is 1. The van der Waals surface area contributed by atoms with Crippen LogP contribution in [-0.2, 0) is 24.2 Å². The minimum atomic E-state index is -3.87. The maximum absolute atomic E-state index is 13.3. The number of hydrogen-bond donors (Lipinski definition) is 2. The maximum atomic E-state index is 13.3. The molecule has 1 aromatic carbocycles. The van der Waals surface area contributed by atoms with Crippen molar-refractivity contribution in [3.63, 3.8) is 0 Å². The number of carbonyl (C=O) groups is 2. The first-order valence-corrected chi connectivity index (χ1v) is 10.9. The predicted octanol–water partition coefficient (Wildman–Crippen LogP) is 2.10. The Morgan fingerprint density at radius 1 is 1.25 bits per heavy atom. The zero-order chi connectivity index (χ0) is 20.7. The van der Waals surface area contributed by atoms with Gasteiger partial charge in [0, 0.05) is 6.42 Å². The lowest BCUT2D eigenvalue weighted by Gasteiger charge is -2.33. The summed E-state index contributed by atoms with van der Waals surface area (Å²) in [6.45, 7) is 1.99. The van der Waals surface area contributed by atoms with Crippen molar-refractivity contribution in [3.8, 4) is 5.75 Å². The van der Waals surface area contributed by atoms with E-state index in [4.69, 9.17) is 14.7 Å². The fourth-order valence-electron chi connectivity index (χ4n) is 3.74. The molecule has 0 aliphatic heterocycles. The van der Waals surface area contributed by atoms with Crippen molar-refractivity contribution in [1.29, 1.82) is 0 Å². The van der Waals surface area contributed by atoms with Crippen LogP contribution in [0.4, 0.5) is 0 Å². The van der Waals surface area contributed by atoms with Crippen molar-refractivity contribution in [3.05, 3.63) is 24.3 Å². The van der Waals surface area contributed by atoms with Crippen molar-refractivity contribution in [2.75, 3.05) is 13.7 Å². The lowest BCUT2D eigenvalue weighted by atomic mass is 9.79. The number of nitrogens with one attached hydrogen (secondary N) is 1. The van der Waals surface area contributed by atoms with Gasteiger partial charge in [0.1, 0.15) is 5.75 Å². The van der Waals surface area contributed by atoms with Gasteiger partial charge in [-0.25, -0.2) is 13.9 Å². The highest BCUT2D eigenvalue weighted by atomic mass is 32.2. The zero-order valence-electron chi connectivity index (χ0n) is 16.1. The Labute approximate surface area is 165 Å². The summed E-state index contributed by atoms with van der Waals surface area (Å²) in [5, 5.41) is 7.86. The summed E-state index contributed by atoms with van der Waals surface area (Å²) in [4.78, 5) is 24.0. The molecule has 1 saturated carbocycles. The fraction of sp³-hybridized carbons (Fsp3) is 0.579. The van der Waals surface area contributed by atoms with E-state index in [0.29, 0.717) is 31.4 Å². The number of ether oxygens (including phenoxy) is 2. The standard InChI is InChI=1S/C19H27NO7S/c1-3-27-19(22)14-6-4-5-13(11-14)17(12-18(21)20-23)28(24,25)16-9-7-15(26-2)8-10-16/h7-10,13-14,17,23H,3-6,11-12H2,1-2H3,(H,20,21). The molecule has 0 radical (unpaired) electrons. The average Bonchev–Trinajstić information content (AvgIpc) is 2.71. The number of amides is 1. The Bertz CT molecular complexity index is 776. The molecule has 1 fully saturated rings. The van der Waals surface area contributed by atoms with Crippen LogP contribution >= 0.6 is 0 Å². The monoisotopic (exact) mass is 413 g/mol. The van der Waals surface area contributed by atoms with Gasteiger partial charge in [-0.1, -0.05) is 6.42 Å². The molecule has 3 unspecified atom stereocenters. The number of carbonyl (C=O) groups excluding carboxylic acids is 2. The van der Waals surface area contributed by atoms with E-state index in [1.165, 1.54) is 24.7 Å². The normalized spacial score (nSPS) is 20.8. The molecule has 1 aliphatic rings. The molecule has 2 N–H and O–H groups in total. The quantitative estimate of drug-likeness (QED) is 0.380. The van der Waals surface area contributed by atoms with Gasteiger partial charge in [0.15, 0.2) is 9.84 Å². The topological polar surface area (TPSA) is 119 Å². The van der Waals surface area contributed by atoms with Crippen LogP contribution in [-0.4, -0.2) is 44.5 Å². The number of methoxy groups -OCH3 is 1. The van der Waals surface area contributed by atoms with E-state index in [9.17, 15) is 18.0 Å². The molecule has 1 amide bonds. The van der Waals surface area contributed by atoms with Gasteiger partial charge in [-0.3, -0.25) is 14.8 Å². The molecule has 1 aliphatic carbocycles. The molecule has 156 valence electrons. The van der Waals surface area contributed by atoms with E-state index >= 15 is 0 Å².